The second kappa shape index (κ2) is 7.18. The SMILES string of the molecule is COc1ccc([C@@H]2CC(=O)Nc3c(C(=O)O)cn(-c4ccccc4Cl)c32)cc1O. The summed E-state index contributed by atoms with van der Waals surface area (Å²) in [6.45, 7) is 0. The number of nitrogens with one attached hydrogen (secondary N) is 1. The molecule has 0 saturated carbocycles. The first-order chi connectivity index (χ1) is 13.9. The summed E-state index contributed by atoms with van der Waals surface area (Å²) >= 11 is 6.37. The van der Waals surface area contributed by atoms with Crippen LogP contribution < -0.4 is 10.1 Å². The summed E-state index contributed by atoms with van der Waals surface area (Å²) in [6, 6.07) is 11.9. The number of aromatic nitrogens is 1. The van der Waals surface area contributed by atoms with Crippen LogP contribution in [-0.4, -0.2) is 33.8 Å². The number of ether oxygens (including phenoxy) is 1. The summed E-state index contributed by atoms with van der Waals surface area (Å²) in [5.41, 5.74) is 2.03. The maximum absolute atomic E-state index is 12.4. The lowest BCUT2D eigenvalue weighted by molar-refractivity contribution is -0.116. The summed E-state index contributed by atoms with van der Waals surface area (Å²) in [5, 5.41) is 23.0. The number of methoxy groups -OCH3 is 1. The monoisotopic (exact) mass is 412 g/mol. The number of carboxylic acids is 1. The number of fused-ring (bicyclic) bond motifs is 1. The highest BCUT2D eigenvalue weighted by molar-refractivity contribution is 6.32. The molecule has 148 valence electrons. The fourth-order valence-corrected chi connectivity index (χ4v) is 3.90. The van der Waals surface area contributed by atoms with Gasteiger partial charge in [-0.2, -0.15) is 0 Å². The number of phenols is 1. The molecule has 29 heavy (non-hydrogen) atoms. The van der Waals surface area contributed by atoms with Crippen molar-refractivity contribution in [3.05, 3.63) is 70.5 Å². The van der Waals surface area contributed by atoms with Gasteiger partial charge in [0.25, 0.3) is 0 Å². The number of halogens is 1. The molecular formula is C21H17ClN2O5. The largest absolute Gasteiger partial charge is 0.504 e. The van der Waals surface area contributed by atoms with Gasteiger partial charge in [-0.1, -0.05) is 29.8 Å². The number of nitrogens with zero attached hydrogens (tertiary/aromatic N) is 1. The number of benzene rings is 2. The summed E-state index contributed by atoms with van der Waals surface area (Å²) in [4.78, 5) is 24.2. The van der Waals surface area contributed by atoms with Crippen LogP contribution >= 0.6 is 11.6 Å². The molecule has 1 aliphatic rings. The van der Waals surface area contributed by atoms with Gasteiger partial charge in [0.1, 0.15) is 5.56 Å². The van der Waals surface area contributed by atoms with Crippen molar-refractivity contribution in [3.8, 4) is 17.2 Å². The number of carbonyl (C=O) groups is 2. The van der Waals surface area contributed by atoms with Crippen molar-refractivity contribution in [1.82, 2.24) is 4.57 Å². The number of hydrogen-bond donors (Lipinski definition) is 3. The molecule has 2 aromatic carbocycles. The molecule has 3 N–H and O–H groups in total. The van der Waals surface area contributed by atoms with E-state index in [0.717, 1.165) is 0 Å². The highest BCUT2D eigenvalue weighted by Crippen LogP contribution is 2.43. The molecule has 1 aromatic heterocycles. The zero-order chi connectivity index (χ0) is 20.7. The molecule has 4 rings (SSSR count). The third-order valence-electron chi connectivity index (χ3n) is 4.97. The van der Waals surface area contributed by atoms with Gasteiger partial charge in [-0.15, -0.1) is 0 Å². The van der Waals surface area contributed by atoms with Gasteiger partial charge in [0, 0.05) is 18.5 Å². The van der Waals surface area contributed by atoms with E-state index in [1.807, 2.05) is 0 Å². The van der Waals surface area contributed by atoms with Gasteiger partial charge < -0.3 is 24.8 Å². The molecule has 8 heteroatoms. The maximum Gasteiger partial charge on any atom is 0.339 e. The average molecular weight is 413 g/mol. The van der Waals surface area contributed by atoms with Crippen LogP contribution in [0, 0.1) is 0 Å². The van der Waals surface area contributed by atoms with Gasteiger partial charge >= 0.3 is 5.97 Å². The number of para-hydroxylation sites is 1. The molecule has 0 aliphatic carbocycles. The first kappa shape index (κ1) is 18.9. The Bertz CT molecular complexity index is 1140. The van der Waals surface area contributed by atoms with E-state index in [1.165, 1.54) is 19.4 Å². The Morgan fingerprint density at radius 3 is 2.69 bits per heavy atom. The fourth-order valence-electron chi connectivity index (χ4n) is 3.68. The molecule has 1 atom stereocenters. The van der Waals surface area contributed by atoms with Crippen molar-refractivity contribution >= 4 is 29.2 Å². The highest BCUT2D eigenvalue weighted by atomic mass is 35.5. The number of aromatic carboxylic acids is 1. The second-order valence-electron chi connectivity index (χ2n) is 6.67. The Kier molecular flexibility index (Phi) is 4.68. The van der Waals surface area contributed by atoms with Crippen molar-refractivity contribution in [1.29, 1.82) is 0 Å². The van der Waals surface area contributed by atoms with Crippen molar-refractivity contribution in [3.63, 3.8) is 0 Å². The van der Waals surface area contributed by atoms with Gasteiger partial charge in [0.15, 0.2) is 11.5 Å². The lowest BCUT2D eigenvalue weighted by Gasteiger charge is -2.26. The number of aromatic hydroxyl groups is 1. The van der Waals surface area contributed by atoms with Crippen molar-refractivity contribution < 1.29 is 24.5 Å². The van der Waals surface area contributed by atoms with E-state index in [9.17, 15) is 19.8 Å². The standard InChI is InChI=1S/C21H17ClN2O5/c1-29-17-7-6-11(8-16(17)25)12-9-18(26)23-19-13(21(27)28)10-24(20(12)19)15-5-3-2-4-14(15)22/h2-8,10,12,25H,9H2,1H3,(H,23,26)(H,27,28)/t12-/m0/s1. The topological polar surface area (TPSA) is 101 Å². The van der Waals surface area contributed by atoms with Crippen molar-refractivity contribution in [2.45, 2.75) is 12.3 Å². The molecule has 0 saturated heterocycles. The summed E-state index contributed by atoms with van der Waals surface area (Å²) in [7, 11) is 1.45. The number of amides is 1. The van der Waals surface area contributed by atoms with Crippen LogP contribution in [0.1, 0.15) is 34.0 Å². The quantitative estimate of drug-likeness (QED) is 0.601. The number of carbonyl (C=O) groups excluding carboxylic acids is 1. The molecule has 2 heterocycles. The first-order valence-electron chi connectivity index (χ1n) is 8.81. The van der Waals surface area contributed by atoms with Crippen LogP contribution in [0.3, 0.4) is 0 Å². The normalized spacial score (nSPS) is 15.5. The molecule has 0 radical (unpaired) electrons. The Morgan fingerprint density at radius 1 is 1.28 bits per heavy atom. The van der Waals surface area contributed by atoms with Crippen LogP contribution in [0.25, 0.3) is 5.69 Å². The molecule has 1 amide bonds. The van der Waals surface area contributed by atoms with Gasteiger partial charge in [0.2, 0.25) is 5.91 Å². The van der Waals surface area contributed by atoms with E-state index in [4.69, 9.17) is 16.3 Å². The Labute approximate surface area is 171 Å². The molecule has 0 unspecified atom stereocenters. The zero-order valence-corrected chi connectivity index (χ0v) is 16.1. The van der Waals surface area contributed by atoms with Crippen molar-refractivity contribution in [2.75, 3.05) is 12.4 Å². The Morgan fingerprint density at radius 2 is 2.03 bits per heavy atom. The predicted octanol–water partition coefficient (Wildman–Crippen LogP) is 4.02. The summed E-state index contributed by atoms with van der Waals surface area (Å²) in [6.07, 6.45) is 1.54. The van der Waals surface area contributed by atoms with E-state index in [0.29, 0.717) is 27.7 Å². The minimum atomic E-state index is -1.16. The third-order valence-corrected chi connectivity index (χ3v) is 5.29. The zero-order valence-electron chi connectivity index (χ0n) is 15.3. The number of phenolic OH excluding ortho intramolecular Hbond substituents is 1. The summed E-state index contributed by atoms with van der Waals surface area (Å²) in [5.74, 6) is -1.71. The van der Waals surface area contributed by atoms with Gasteiger partial charge in [-0.05, 0) is 29.8 Å². The van der Waals surface area contributed by atoms with Crippen LogP contribution in [0.2, 0.25) is 5.02 Å². The van der Waals surface area contributed by atoms with Crippen LogP contribution in [0.15, 0.2) is 48.7 Å². The smallest absolute Gasteiger partial charge is 0.339 e. The summed E-state index contributed by atoms with van der Waals surface area (Å²) < 4.78 is 6.78. The molecule has 3 aromatic rings. The number of hydrogen-bond acceptors (Lipinski definition) is 4. The Balaban J connectivity index is 1.97. The van der Waals surface area contributed by atoms with E-state index in [2.05, 4.69) is 5.32 Å². The minimum Gasteiger partial charge on any atom is -0.504 e. The molecule has 1 aliphatic heterocycles. The van der Waals surface area contributed by atoms with Gasteiger partial charge in [0.05, 0.1) is 29.2 Å². The minimum absolute atomic E-state index is 0.0318. The van der Waals surface area contributed by atoms with Crippen LogP contribution in [-0.2, 0) is 4.79 Å². The van der Waals surface area contributed by atoms with E-state index < -0.39 is 11.9 Å². The number of rotatable bonds is 4. The molecule has 0 bridgehead atoms. The molecule has 0 spiro atoms. The molecular weight excluding hydrogens is 396 g/mol. The lowest BCUT2D eigenvalue weighted by Crippen LogP contribution is -2.25. The predicted molar refractivity (Wildman–Crippen MR) is 107 cm³/mol. The fraction of sp³-hybridized carbons (Fsp3) is 0.143. The van der Waals surface area contributed by atoms with E-state index in [1.54, 1.807) is 41.0 Å². The van der Waals surface area contributed by atoms with Gasteiger partial charge in [-0.3, -0.25) is 4.79 Å². The lowest BCUT2D eigenvalue weighted by atomic mass is 9.88. The highest BCUT2D eigenvalue weighted by Gasteiger charge is 2.35. The third kappa shape index (κ3) is 3.19. The number of anilines is 1. The van der Waals surface area contributed by atoms with Crippen molar-refractivity contribution in [2.24, 2.45) is 0 Å². The second-order valence-corrected chi connectivity index (χ2v) is 7.07. The van der Waals surface area contributed by atoms with E-state index >= 15 is 0 Å². The number of carboxylic acid groups (broad SMARTS) is 1. The first-order valence-corrected chi connectivity index (χ1v) is 9.18. The molecule has 7 nitrogen and oxygen atoms in total. The van der Waals surface area contributed by atoms with Gasteiger partial charge in [-0.25, -0.2) is 4.79 Å². The Hall–Kier alpha value is -3.45. The van der Waals surface area contributed by atoms with Crippen LogP contribution in [0.5, 0.6) is 11.5 Å². The maximum atomic E-state index is 12.4. The van der Waals surface area contributed by atoms with Crippen LogP contribution in [0.4, 0.5) is 5.69 Å². The molecule has 0 fully saturated rings. The van der Waals surface area contributed by atoms with E-state index in [-0.39, 0.29) is 29.3 Å². The average Bonchev–Trinajstić information content (AvgIpc) is 3.07.